The zero-order chi connectivity index (χ0) is 19.1. The molecule has 0 bridgehead atoms. The zero-order valence-corrected chi connectivity index (χ0v) is 14.2. The van der Waals surface area contributed by atoms with Crippen molar-refractivity contribution in [2.75, 3.05) is 25.5 Å². The summed E-state index contributed by atoms with van der Waals surface area (Å²) in [7, 11) is 3.29. The molecular formula is C18H18F3N3O2. The number of anilines is 1. The number of aliphatic carboxylic acids is 1. The molecule has 1 fully saturated rings. The summed E-state index contributed by atoms with van der Waals surface area (Å²) in [5, 5.41) is 9.67. The third-order valence-electron chi connectivity index (χ3n) is 4.77. The predicted molar refractivity (Wildman–Crippen MR) is 89.5 cm³/mol. The van der Waals surface area contributed by atoms with Gasteiger partial charge in [0.25, 0.3) is 0 Å². The molecule has 0 amide bonds. The summed E-state index contributed by atoms with van der Waals surface area (Å²) in [6.07, 6.45) is -3.46. The van der Waals surface area contributed by atoms with Gasteiger partial charge in [-0.2, -0.15) is 13.2 Å². The number of nitrogens with zero attached hydrogens (tertiary/aromatic N) is 3. The predicted octanol–water partition coefficient (Wildman–Crippen LogP) is 3.04. The molecule has 2 atom stereocenters. The number of carboxylic acids is 1. The third kappa shape index (κ3) is 2.70. The van der Waals surface area contributed by atoms with Crippen molar-refractivity contribution in [2.45, 2.75) is 11.8 Å². The molecule has 1 aromatic carbocycles. The second-order valence-electron chi connectivity index (χ2n) is 6.39. The summed E-state index contributed by atoms with van der Waals surface area (Å²) in [6, 6.07) is 10.8. The average Bonchev–Trinajstić information content (AvgIpc) is 2.54. The van der Waals surface area contributed by atoms with E-state index in [1.165, 1.54) is 0 Å². The summed E-state index contributed by atoms with van der Waals surface area (Å²) in [5.74, 6) is -2.00. The van der Waals surface area contributed by atoms with E-state index in [-0.39, 0.29) is 12.2 Å². The summed E-state index contributed by atoms with van der Waals surface area (Å²) in [6.45, 7) is 0.176. The van der Waals surface area contributed by atoms with Crippen molar-refractivity contribution >= 4 is 11.7 Å². The van der Waals surface area contributed by atoms with Crippen LogP contribution >= 0.6 is 0 Å². The van der Waals surface area contributed by atoms with Gasteiger partial charge in [0.1, 0.15) is 5.92 Å². The zero-order valence-electron chi connectivity index (χ0n) is 14.2. The molecule has 8 heteroatoms. The Labute approximate surface area is 148 Å². The number of halogens is 3. The third-order valence-corrected chi connectivity index (χ3v) is 4.77. The maximum Gasteiger partial charge on any atom is 0.416 e. The van der Waals surface area contributed by atoms with Gasteiger partial charge in [0.15, 0.2) is 5.66 Å². The Morgan fingerprint density at radius 1 is 1.27 bits per heavy atom. The number of alkyl halides is 3. The molecule has 0 spiro atoms. The van der Waals surface area contributed by atoms with Gasteiger partial charge in [0.2, 0.25) is 0 Å². The number of benzene rings is 1. The van der Waals surface area contributed by atoms with Gasteiger partial charge in [-0.15, -0.1) is 0 Å². The fraction of sp³-hybridized carbons (Fsp3) is 0.333. The number of carbonyl (C=O) groups is 1. The van der Waals surface area contributed by atoms with Crippen molar-refractivity contribution in [3.8, 4) is 0 Å². The van der Waals surface area contributed by atoms with E-state index in [0.29, 0.717) is 0 Å². The quantitative estimate of drug-likeness (QED) is 0.903. The van der Waals surface area contributed by atoms with E-state index in [0.717, 1.165) is 24.0 Å². The van der Waals surface area contributed by atoms with E-state index in [1.807, 2.05) is 6.07 Å². The lowest BCUT2D eigenvalue weighted by molar-refractivity contribution is -0.153. The van der Waals surface area contributed by atoms with Crippen LogP contribution in [0.2, 0.25) is 0 Å². The molecule has 0 radical (unpaired) electrons. The molecule has 0 saturated carbocycles. The first-order valence-electron chi connectivity index (χ1n) is 7.95. The van der Waals surface area contributed by atoms with Crippen LogP contribution in [0.5, 0.6) is 0 Å². The Morgan fingerprint density at radius 3 is 2.46 bits per heavy atom. The molecule has 2 unspecified atom stereocenters. The van der Waals surface area contributed by atoms with Crippen molar-refractivity contribution in [3.63, 3.8) is 0 Å². The van der Waals surface area contributed by atoms with Gasteiger partial charge in [-0.3, -0.25) is 14.7 Å². The Kier molecular flexibility index (Phi) is 4.39. The van der Waals surface area contributed by atoms with Crippen molar-refractivity contribution < 1.29 is 23.1 Å². The van der Waals surface area contributed by atoms with Crippen LogP contribution < -0.4 is 4.90 Å². The van der Waals surface area contributed by atoms with Gasteiger partial charge < -0.3 is 10.0 Å². The maximum absolute atomic E-state index is 13.2. The van der Waals surface area contributed by atoms with Crippen LogP contribution in [0.25, 0.3) is 0 Å². The second-order valence-corrected chi connectivity index (χ2v) is 6.39. The van der Waals surface area contributed by atoms with Crippen molar-refractivity contribution in [3.05, 3.63) is 59.9 Å². The van der Waals surface area contributed by atoms with E-state index in [4.69, 9.17) is 0 Å². The number of para-hydroxylation sites is 1. The molecule has 2 aromatic rings. The summed E-state index contributed by atoms with van der Waals surface area (Å²) in [4.78, 5) is 19.3. The van der Waals surface area contributed by atoms with E-state index in [9.17, 15) is 23.1 Å². The maximum atomic E-state index is 13.2. The number of hydrogen-bond donors (Lipinski definition) is 1. The number of rotatable bonds is 4. The molecule has 1 N–H and O–H groups in total. The first kappa shape index (κ1) is 18.2. The molecule has 1 aliphatic heterocycles. The monoisotopic (exact) mass is 365 g/mol. The SMILES string of the molecule is CN(C)C1(c2cc(C(F)(F)F)ccn2)C(C(=O)O)CN1c1ccccc1. The van der Waals surface area contributed by atoms with Gasteiger partial charge in [-0.05, 0) is 38.4 Å². The van der Waals surface area contributed by atoms with Gasteiger partial charge in [-0.1, -0.05) is 18.2 Å². The Balaban J connectivity index is 2.19. The molecule has 3 rings (SSSR count). The molecule has 0 aliphatic carbocycles. The van der Waals surface area contributed by atoms with Gasteiger partial charge in [0.05, 0.1) is 11.3 Å². The topological polar surface area (TPSA) is 56.7 Å². The minimum Gasteiger partial charge on any atom is -0.481 e. The average molecular weight is 365 g/mol. The van der Waals surface area contributed by atoms with E-state index in [2.05, 4.69) is 4.98 Å². The van der Waals surface area contributed by atoms with Crippen molar-refractivity contribution in [1.29, 1.82) is 0 Å². The molecule has 5 nitrogen and oxygen atoms in total. The van der Waals surface area contributed by atoms with Crippen LogP contribution in [0.15, 0.2) is 48.7 Å². The molecule has 138 valence electrons. The van der Waals surface area contributed by atoms with E-state index >= 15 is 0 Å². The van der Waals surface area contributed by atoms with Crippen molar-refractivity contribution in [1.82, 2.24) is 9.88 Å². The number of carboxylic acid groups (broad SMARTS) is 1. The highest BCUT2D eigenvalue weighted by Gasteiger charge is 2.61. The molecule has 2 heterocycles. The summed E-state index contributed by atoms with van der Waals surface area (Å²) >= 11 is 0. The first-order chi connectivity index (χ1) is 12.2. The second kappa shape index (κ2) is 6.28. The smallest absolute Gasteiger partial charge is 0.416 e. The fourth-order valence-corrected chi connectivity index (χ4v) is 3.59. The Bertz CT molecular complexity index is 811. The molecule has 1 aliphatic rings. The molecule has 1 saturated heterocycles. The van der Waals surface area contributed by atoms with Crippen LogP contribution in [0.4, 0.5) is 18.9 Å². The Morgan fingerprint density at radius 2 is 1.92 bits per heavy atom. The van der Waals surface area contributed by atoms with Crippen molar-refractivity contribution in [2.24, 2.45) is 5.92 Å². The summed E-state index contributed by atoms with van der Waals surface area (Å²) in [5.41, 5.74) is -1.39. The highest BCUT2D eigenvalue weighted by atomic mass is 19.4. The lowest BCUT2D eigenvalue weighted by atomic mass is 9.76. The lowest BCUT2D eigenvalue weighted by Gasteiger charge is -2.60. The van der Waals surface area contributed by atoms with E-state index < -0.39 is 29.3 Å². The van der Waals surface area contributed by atoms with Gasteiger partial charge >= 0.3 is 12.1 Å². The summed E-state index contributed by atoms with van der Waals surface area (Å²) < 4.78 is 39.6. The molecule has 26 heavy (non-hydrogen) atoms. The van der Waals surface area contributed by atoms with Crippen LogP contribution in [0, 0.1) is 5.92 Å². The fourth-order valence-electron chi connectivity index (χ4n) is 3.59. The van der Waals surface area contributed by atoms with Gasteiger partial charge in [-0.25, -0.2) is 0 Å². The highest BCUT2D eigenvalue weighted by molar-refractivity contribution is 5.78. The standard InChI is InChI=1S/C18H18F3N3O2/c1-23(2)17(15-10-12(8-9-22-15)18(19,20)21)14(16(25)26)11-24(17)13-6-4-3-5-7-13/h3-10,14H,11H2,1-2H3,(H,25,26). The Hall–Kier alpha value is -2.61. The minimum atomic E-state index is -4.54. The minimum absolute atomic E-state index is 0.0554. The molecule has 1 aromatic heterocycles. The first-order valence-corrected chi connectivity index (χ1v) is 7.95. The van der Waals surface area contributed by atoms with E-state index in [1.54, 1.807) is 48.2 Å². The van der Waals surface area contributed by atoms with Crippen LogP contribution in [-0.2, 0) is 16.6 Å². The van der Waals surface area contributed by atoms with Crippen LogP contribution in [0.3, 0.4) is 0 Å². The molecular weight excluding hydrogens is 347 g/mol. The lowest BCUT2D eigenvalue weighted by Crippen LogP contribution is -2.73. The normalized spacial score (nSPS) is 23.0. The van der Waals surface area contributed by atoms with Crippen LogP contribution in [-0.4, -0.2) is 41.6 Å². The number of hydrogen-bond acceptors (Lipinski definition) is 4. The van der Waals surface area contributed by atoms with Crippen LogP contribution in [0.1, 0.15) is 11.3 Å². The number of aromatic nitrogens is 1. The largest absolute Gasteiger partial charge is 0.481 e. The number of pyridine rings is 1. The highest BCUT2D eigenvalue weighted by Crippen LogP contribution is 2.49. The van der Waals surface area contributed by atoms with Gasteiger partial charge in [0, 0.05) is 18.4 Å².